The zero-order valence-electron chi connectivity index (χ0n) is 7.22. The molecule has 0 aromatic rings. The molecule has 1 rings (SSSR count). The van der Waals surface area contributed by atoms with E-state index in [1.54, 1.807) is 0 Å². The van der Waals surface area contributed by atoms with Crippen LogP contribution in [0, 0.1) is 0 Å². The monoisotopic (exact) mass is 142 g/mol. The summed E-state index contributed by atoms with van der Waals surface area (Å²) in [5.41, 5.74) is 0. The van der Waals surface area contributed by atoms with Crippen molar-refractivity contribution < 1.29 is 0 Å². The van der Waals surface area contributed by atoms with Gasteiger partial charge in [-0.05, 0) is 20.4 Å². The fourth-order valence-electron chi connectivity index (χ4n) is 1.54. The highest BCUT2D eigenvalue weighted by Gasteiger charge is 2.21. The molecule has 0 bridgehead atoms. The van der Waals surface area contributed by atoms with E-state index in [0.29, 0.717) is 6.04 Å². The molecule has 2 nitrogen and oxygen atoms in total. The summed E-state index contributed by atoms with van der Waals surface area (Å²) in [6.45, 7) is 6.83. The van der Waals surface area contributed by atoms with Crippen LogP contribution in [0.5, 0.6) is 0 Å². The van der Waals surface area contributed by atoms with Crippen molar-refractivity contribution in [2.75, 3.05) is 20.1 Å². The Hall–Kier alpha value is -0.0800. The molecule has 0 radical (unpaired) electrons. The molecule has 0 aromatic heterocycles. The molecule has 1 heterocycles. The van der Waals surface area contributed by atoms with Gasteiger partial charge in [-0.3, -0.25) is 4.90 Å². The lowest BCUT2D eigenvalue weighted by molar-refractivity contribution is 0.137. The maximum Gasteiger partial charge on any atom is 0.0218 e. The topological polar surface area (TPSA) is 15.3 Å². The van der Waals surface area contributed by atoms with Gasteiger partial charge in [0.2, 0.25) is 0 Å². The van der Waals surface area contributed by atoms with Crippen LogP contribution in [0.3, 0.4) is 0 Å². The number of rotatable bonds is 1. The first-order valence-electron chi connectivity index (χ1n) is 4.18. The van der Waals surface area contributed by atoms with Gasteiger partial charge in [0.1, 0.15) is 0 Å². The second-order valence-electron chi connectivity index (χ2n) is 3.23. The van der Waals surface area contributed by atoms with Gasteiger partial charge in [0.25, 0.3) is 0 Å². The molecule has 1 N–H and O–H groups in total. The Morgan fingerprint density at radius 2 is 2.20 bits per heavy atom. The first-order chi connectivity index (χ1) is 4.75. The molecule has 0 aromatic carbocycles. The highest BCUT2D eigenvalue weighted by atomic mass is 15.2. The van der Waals surface area contributed by atoms with Crippen LogP contribution in [0.1, 0.15) is 20.3 Å². The largest absolute Gasteiger partial charge is 0.314 e. The second kappa shape index (κ2) is 3.35. The summed E-state index contributed by atoms with van der Waals surface area (Å²) in [4.78, 5) is 2.47. The fourth-order valence-corrected chi connectivity index (χ4v) is 1.54. The molecule has 2 heteroatoms. The van der Waals surface area contributed by atoms with Gasteiger partial charge in [-0.15, -0.1) is 0 Å². The third-order valence-corrected chi connectivity index (χ3v) is 2.56. The Labute approximate surface area is 63.6 Å². The minimum absolute atomic E-state index is 0.707. The number of nitrogens with zero attached hydrogens (tertiary/aromatic N) is 1. The lowest BCUT2D eigenvalue weighted by Crippen LogP contribution is -2.53. The normalized spacial score (nSPS) is 36.3. The SMILES string of the molecule is CCC1CNC[C@H](C)N1C. The van der Waals surface area contributed by atoms with Crippen LogP contribution in [-0.2, 0) is 0 Å². The minimum Gasteiger partial charge on any atom is -0.314 e. The third kappa shape index (κ3) is 1.50. The lowest BCUT2D eigenvalue weighted by atomic mass is 10.1. The zero-order valence-corrected chi connectivity index (χ0v) is 7.22. The molecule has 0 aliphatic carbocycles. The summed E-state index contributed by atoms with van der Waals surface area (Å²) in [5, 5.41) is 3.42. The summed E-state index contributed by atoms with van der Waals surface area (Å²) in [6, 6.07) is 1.46. The van der Waals surface area contributed by atoms with E-state index in [-0.39, 0.29) is 0 Å². The molecule has 1 fully saturated rings. The van der Waals surface area contributed by atoms with Gasteiger partial charge in [-0.1, -0.05) is 6.92 Å². The van der Waals surface area contributed by atoms with E-state index >= 15 is 0 Å². The van der Waals surface area contributed by atoms with E-state index in [4.69, 9.17) is 0 Å². The Bertz CT molecular complexity index is 103. The number of hydrogen-bond acceptors (Lipinski definition) is 2. The molecule has 0 spiro atoms. The predicted molar refractivity (Wildman–Crippen MR) is 44.2 cm³/mol. The molecular formula is C8H18N2. The van der Waals surface area contributed by atoms with Gasteiger partial charge in [0.15, 0.2) is 0 Å². The van der Waals surface area contributed by atoms with Crippen molar-refractivity contribution in [2.45, 2.75) is 32.4 Å². The van der Waals surface area contributed by atoms with Crippen LogP contribution in [0.25, 0.3) is 0 Å². The molecule has 1 aliphatic rings. The smallest absolute Gasteiger partial charge is 0.0218 e. The fraction of sp³-hybridized carbons (Fsp3) is 1.00. The Morgan fingerprint density at radius 1 is 1.50 bits per heavy atom. The van der Waals surface area contributed by atoms with E-state index in [1.165, 1.54) is 6.42 Å². The van der Waals surface area contributed by atoms with Gasteiger partial charge in [0, 0.05) is 25.2 Å². The number of hydrogen-bond donors (Lipinski definition) is 1. The molecule has 1 aliphatic heterocycles. The molecular weight excluding hydrogens is 124 g/mol. The lowest BCUT2D eigenvalue weighted by Gasteiger charge is -2.37. The van der Waals surface area contributed by atoms with Crippen LogP contribution in [0.15, 0.2) is 0 Å². The third-order valence-electron chi connectivity index (χ3n) is 2.56. The first-order valence-corrected chi connectivity index (χ1v) is 4.18. The summed E-state index contributed by atoms with van der Waals surface area (Å²) in [7, 11) is 2.22. The quantitative estimate of drug-likeness (QED) is 0.579. The Kier molecular flexibility index (Phi) is 2.69. The molecule has 10 heavy (non-hydrogen) atoms. The molecule has 2 atom stereocenters. The van der Waals surface area contributed by atoms with Crippen molar-refractivity contribution in [2.24, 2.45) is 0 Å². The highest BCUT2D eigenvalue weighted by molar-refractivity contribution is 4.81. The van der Waals surface area contributed by atoms with E-state index in [1.807, 2.05) is 0 Å². The van der Waals surface area contributed by atoms with E-state index < -0.39 is 0 Å². The first kappa shape index (κ1) is 8.02. The summed E-state index contributed by atoms with van der Waals surface area (Å²) in [5.74, 6) is 0. The molecule has 1 saturated heterocycles. The van der Waals surface area contributed by atoms with Gasteiger partial charge in [-0.25, -0.2) is 0 Å². The number of piperazine rings is 1. The Balaban J connectivity index is 2.42. The van der Waals surface area contributed by atoms with Crippen molar-refractivity contribution >= 4 is 0 Å². The maximum atomic E-state index is 3.42. The van der Waals surface area contributed by atoms with Crippen molar-refractivity contribution in [1.82, 2.24) is 10.2 Å². The van der Waals surface area contributed by atoms with Crippen molar-refractivity contribution in [1.29, 1.82) is 0 Å². The highest BCUT2D eigenvalue weighted by Crippen LogP contribution is 2.08. The van der Waals surface area contributed by atoms with Crippen molar-refractivity contribution in [3.8, 4) is 0 Å². The standard InChI is InChI=1S/C8H18N2/c1-4-8-6-9-5-7(2)10(8)3/h7-9H,4-6H2,1-3H3/t7-,8?/m0/s1. The molecule has 0 saturated carbocycles. The number of nitrogens with one attached hydrogen (secondary N) is 1. The average molecular weight is 142 g/mol. The van der Waals surface area contributed by atoms with Crippen molar-refractivity contribution in [3.05, 3.63) is 0 Å². The van der Waals surface area contributed by atoms with E-state index in [2.05, 4.69) is 31.1 Å². The van der Waals surface area contributed by atoms with Crippen LogP contribution in [0.2, 0.25) is 0 Å². The van der Waals surface area contributed by atoms with Crippen LogP contribution < -0.4 is 5.32 Å². The van der Waals surface area contributed by atoms with E-state index in [0.717, 1.165) is 19.1 Å². The van der Waals surface area contributed by atoms with Gasteiger partial charge < -0.3 is 5.32 Å². The number of likely N-dealkylation sites (N-methyl/N-ethyl adjacent to an activating group) is 1. The van der Waals surface area contributed by atoms with Gasteiger partial charge in [-0.2, -0.15) is 0 Å². The van der Waals surface area contributed by atoms with Crippen LogP contribution in [-0.4, -0.2) is 37.1 Å². The Morgan fingerprint density at radius 3 is 2.70 bits per heavy atom. The minimum atomic E-state index is 0.707. The molecule has 1 unspecified atom stereocenters. The van der Waals surface area contributed by atoms with Crippen LogP contribution in [0.4, 0.5) is 0 Å². The molecule has 0 amide bonds. The van der Waals surface area contributed by atoms with E-state index in [9.17, 15) is 0 Å². The second-order valence-corrected chi connectivity index (χ2v) is 3.23. The van der Waals surface area contributed by atoms with Crippen molar-refractivity contribution in [3.63, 3.8) is 0 Å². The average Bonchev–Trinajstić information content (AvgIpc) is 1.95. The van der Waals surface area contributed by atoms with Gasteiger partial charge in [0.05, 0.1) is 0 Å². The van der Waals surface area contributed by atoms with Gasteiger partial charge >= 0.3 is 0 Å². The predicted octanol–water partition coefficient (Wildman–Crippen LogP) is 0.688. The van der Waals surface area contributed by atoms with Crippen LogP contribution >= 0.6 is 0 Å². The maximum absolute atomic E-state index is 3.42. The zero-order chi connectivity index (χ0) is 7.56. The molecule has 60 valence electrons. The summed E-state index contributed by atoms with van der Waals surface area (Å²) >= 11 is 0. The summed E-state index contributed by atoms with van der Waals surface area (Å²) in [6.07, 6.45) is 1.26. The summed E-state index contributed by atoms with van der Waals surface area (Å²) < 4.78 is 0.